The lowest BCUT2D eigenvalue weighted by molar-refractivity contribution is -0.0210. The molecule has 0 aliphatic heterocycles. The SMILES string of the molecule is CCC(C)CCCCC(CC1CCC1C)C(CC1CCC1C)C1CC(C)C1C. The molecule has 28 heavy (non-hydrogen) atoms. The number of unbranched alkanes of at least 4 members (excludes halogenated alkanes) is 1. The third kappa shape index (κ3) is 5.37. The zero-order chi connectivity index (χ0) is 20.3. The molecule has 3 saturated carbocycles. The lowest BCUT2D eigenvalue weighted by Gasteiger charge is -2.52. The molecule has 0 N–H and O–H groups in total. The fourth-order valence-electron chi connectivity index (χ4n) is 6.89. The minimum atomic E-state index is 0.934. The molecule has 0 amide bonds. The van der Waals surface area contributed by atoms with Gasteiger partial charge in [0.1, 0.15) is 0 Å². The van der Waals surface area contributed by atoms with Gasteiger partial charge in [0.15, 0.2) is 0 Å². The minimum absolute atomic E-state index is 0.934. The molecule has 0 spiro atoms. The molecule has 0 aromatic heterocycles. The third-order valence-electron chi connectivity index (χ3n) is 10.4. The van der Waals surface area contributed by atoms with Crippen LogP contribution in [0.3, 0.4) is 0 Å². The van der Waals surface area contributed by atoms with Gasteiger partial charge in [-0.15, -0.1) is 0 Å². The molecule has 3 rings (SSSR count). The summed E-state index contributed by atoms with van der Waals surface area (Å²) in [6.45, 7) is 15.0. The van der Waals surface area contributed by atoms with Crippen molar-refractivity contribution in [2.24, 2.45) is 59.2 Å². The van der Waals surface area contributed by atoms with Gasteiger partial charge in [0.05, 0.1) is 0 Å². The smallest absolute Gasteiger partial charge is 0.0352 e. The van der Waals surface area contributed by atoms with E-state index < -0.39 is 0 Å². The molecule has 0 heteroatoms. The van der Waals surface area contributed by atoms with E-state index in [0.29, 0.717) is 0 Å². The van der Waals surface area contributed by atoms with Crippen molar-refractivity contribution in [3.63, 3.8) is 0 Å². The lowest BCUT2D eigenvalue weighted by Crippen LogP contribution is -2.43. The van der Waals surface area contributed by atoms with Crippen LogP contribution < -0.4 is 0 Å². The Bertz CT molecular complexity index is 453. The standard InChI is InChI=1S/C28H52/c1-7-19(2)10-8-9-11-26(17-24-14-12-20(24)3)28(18-25-15-13-21(25)4)27-16-22(5)23(27)6/h19-28H,7-18H2,1-6H3. The van der Waals surface area contributed by atoms with Crippen molar-refractivity contribution in [2.75, 3.05) is 0 Å². The predicted molar refractivity (Wildman–Crippen MR) is 124 cm³/mol. The van der Waals surface area contributed by atoms with E-state index in [9.17, 15) is 0 Å². The van der Waals surface area contributed by atoms with Crippen LogP contribution in [0.5, 0.6) is 0 Å². The molecule has 3 aliphatic carbocycles. The van der Waals surface area contributed by atoms with Gasteiger partial charge in [-0.25, -0.2) is 0 Å². The molecule has 0 heterocycles. The molecule has 0 aromatic rings. The maximum absolute atomic E-state index is 2.59. The second-order valence-corrected chi connectivity index (χ2v) is 12.1. The Morgan fingerprint density at radius 1 is 0.750 bits per heavy atom. The summed E-state index contributed by atoms with van der Waals surface area (Å²) in [7, 11) is 0. The summed E-state index contributed by atoms with van der Waals surface area (Å²) in [6.07, 6.45) is 18.1. The zero-order valence-electron chi connectivity index (χ0n) is 20.3. The highest BCUT2D eigenvalue weighted by molar-refractivity contribution is 4.94. The van der Waals surface area contributed by atoms with Crippen LogP contribution in [0.15, 0.2) is 0 Å². The first-order valence-corrected chi connectivity index (χ1v) is 13.4. The molecular formula is C28H52. The van der Waals surface area contributed by atoms with Crippen LogP contribution in [0.4, 0.5) is 0 Å². The molecular weight excluding hydrogens is 336 g/mol. The van der Waals surface area contributed by atoms with Crippen molar-refractivity contribution in [1.29, 1.82) is 0 Å². The zero-order valence-corrected chi connectivity index (χ0v) is 20.3. The van der Waals surface area contributed by atoms with Crippen molar-refractivity contribution in [3.05, 3.63) is 0 Å². The van der Waals surface area contributed by atoms with Crippen LogP contribution in [0, 0.1) is 59.2 Å². The van der Waals surface area contributed by atoms with Gasteiger partial charge in [-0.05, 0) is 91.3 Å². The Balaban J connectivity index is 1.63. The predicted octanol–water partition coefficient (Wildman–Crippen LogP) is 8.99. The second-order valence-electron chi connectivity index (χ2n) is 12.1. The van der Waals surface area contributed by atoms with Crippen LogP contribution in [0.1, 0.15) is 119 Å². The Kier molecular flexibility index (Phi) is 8.38. The van der Waals surface area contributed by atoms with Gasteiger partial charge in [0.2, 0.25) is 0 Å². The van der Waals surface area contributed by atoms with Crippen LogP contribution >= 0.6 is 0 Å². The average molecular weight is 389 g/mol. The number of hydrogen-bond donors (Lipinski definition) is 0. The van der Waals surface area contributed by atoms with Crippen LogP contribution in [-0.2, 0) is 0 Å². The molecule has 10 atom stereocenters. The highest BCUT2D eigenvalue weighted by Crippen LogP contribution is 2.54. The summed E-state index contributed by atoms with van der Waals surface area (Å²) in [4.78, 5) is 0. The topological polar surface area (TPSA) is 0 Å². The van der Waals surface area contributed by atoms with Crippen LogP contribution in [0.25, 0.3) is 0 Å². The van der Waals surface area contributed by atoms with Gasteiger partial charge in [0.25, 0.3) is 0 Å². The molecule has 3 aliphatic rings. The highest BCUT2D eigenvalue weighted by atomic mass is 14.5. The summed E-state index contributed by atoms with van der Waals surface area (Å²) in [5.41, 5.74) is 0. The Hall–Kier alpha value is 0. The Morgan fingerprint density at radius 2 is 1.36 bits per heavy atom. The van der Waals surface area contributed by atoms with Gasteiger partial charge in [-0.2, -0.15) is 0 Å². The van der Waals surface area contributed by atoms with E-state index in [1.807, 2.05) is 0 Å². The van der Waals surface area contributed by atoms with Crippen LogP contribution in [0.2, 0.25) is 0 Å². The van der Waals surface area contributed by atoms with E-state index in [2.05, 4.69) is 41.5 Å². The summed E-state index contributed by atoms with van der Waals surface area (Å²) in [5.74, 6) is 10.2. The minimum Gasteiger partial charge on any atom is -0.0651 e. The van der Waals surface area contributed by atoms with Gasteiger partial charge >= 0.3 is 0 Å². The molecule has 0 bridgehead atoms. The molecule has 0 radical (unpaired) electrons. The Labute approximate surface area is 178 Å². The third-order valence-corrected chi connectivity index (χ3v) is 10.4. The molecule has 0 saturated heterocycles. The first kappa shape index (κ1) is 22.7. The van der Waals surface area contributed by atoms with Crippen molar-refractivity contribution < 1.29 is 0 Å². The first-order chi connectivity index (χ1) is 13.4. The summed E-state index contributed by atoms with van der Waals surface area (Å²) in [6, 6.07) is 0. The van der Waals surface area contributed by atoms with Crippen molar-refractivity contribution in [2.45, 2.75) is 119 Å². The van der Waals surface area contributed by atoms with E-state index in [0.717, 1.165) is 59.2 Å². The van der Waals surface area contributed by atoms with E-state index >= 15 is 0 Å². The van der Waals surface area contributed by atoms with E-state index in [4.69, 9.17) is 0 Å². The van der Waals surface area contributed by atoms with Crippen molar-refractivity contribution in [3.8, 4) is 0 Å². The summed E-state index contributed by atoms with van der Waals surface area (Å²) in [5, 5.41) is 0. The summed E-state index contributed by atoms with van der Waals surface area (Å²) >= 11 is 0. The van der Waals surface area contributed by atoms with E-state index in [1.54, 1.807) is 19.3 Å². The van der Waals surface area contributed by atoms with Crippen molar-refractivity contribution in [1.82, 2.24) is 0 Å². The molecule has 0 aromatic carbocycles. The Morgan fingerprint density at radius 3 is 1.82 bits per heavy atom. The lowest BCUT2D eigenvalue weighted by atomic mass is 9.54. The van der Waals surface area contributed by atoms with E-state index in [1.165, 1.54) is 57.8 Å². The normalized spacial score (nSPS) is 40.7. The maximum Gasteiger partial charge on any atom is -0.0352 e. The molecule has 0 nitrogen and oxygen atoms in total. The largest absolute Gasteiger partial charge is 0.0651 e. The highest BCUT2D eigenvalue weighted by Gasteiger charge is 2.45. The fraction of sp³-hybridized carbons (Fsp3) is 1.00. The fourth-order valence-corrected chi connectivity index (χ4v) is 6.89. The van der Waals surface area contributed by atoms with E-state index in [-0.39, 0.29) is 0 Å². The van der Waals surface area contributed by atoms with Gasteiger partial charge < -0.3 is 0 Å². The second kappa shape index (κ2) is 10.3. The molecule has 10 unspecified atom stereocenters. The monoisotopic (exact) mass is 388 g/mol. The summed E-state index contributed by atoms with van der Waals surface area (Å²) < 4.78 is 0. The average Bonchev–Trinajstić information content (AvgIpc) is 2.70. The number of rotatable bonds is 12. The van der Waals surface area contributed by atoms with Gasteiger partial charge in [-0.1, -0.05) is 86.5 Å². The van der Waals surface area contributed by atoms with Crippen molar-refractivity contribution >= 4 is 0 Å². The number of hydrogen-bond acceptors (Lipinski definition) is 0. The molecule has 3 fully saturated rings. The molecule has 164 valence electrons. The quantitative estimate of drug-likeness (QED) is 0.292. The van der Waals surface area contributed by atoms with Crippen LogP contribution in [-0.4, -0.2) is 0 Å². The van der Waals surface area contributed by atoms with Gasteiger partial charge in [-0.3, -0.25) is 0 Å². The first-order valence-electron chi connectivity index (χ1n) is 13.4. The maximum atomic E-state index is 2.59. The van der Waals surface area contributed by atoms with Gasteiger partial charge in [0, 0.05) is 0 Å².